The number of carbonyl (C=O) groups is 2. The molecule has 1 aromatic carbocycles. The van der Waals surface area contributed by atoms with Gasteiger partial charge in [0.25, 0.3) is 11.8 Å². The lowest BCUT2D eigenvalue weighted by Gasteiger charge is -2.28. The van der Waals surface area contributed by atoms with Crippen LogP contribution < -0.4 is 0 Å². The largest absolute Gasteiger partial charge is 0.271 e. The molecule has 0 spiro atoms. The Morgan fingerprint density at radius 1 is 0.923 bits per heavy atom. The normalized spacial score (nSPS) is 20.1. The highest BCUT2D eigenvalue weighted by atomic mass is 32.2. The lowest BCUT2D eigenvalue weighted by atomic mass is 9.95. The molecule has 2 amide bonds. The Morgan fingerprint density at radius 3 is 2.08 bits per heavy atom. The van der Waals surface area contributed by atoms with Crippen LogP contribution in [0.4, 0.5) is 0 Å². The van der Waals surface area contributed by atoms with Crippen molar-refractivity contribution in [3.05, 3.63) is 40.3 Å². The number of aryl methyl sites for hydroxylation is 1. The molecule has 3 nitrogen and oxygen atoms in total. The summed E-state index contributed by atoms with van der Waals surface area (Å²) in [6, 6.07) is 8.02. The quantitative estimate of drug-likeness (QED) is 0.671. The highest BCUT2D eigenvalue weighted by Gasteiger charge is 2.42. The highest BCUT2D eigenvalue weighted by Crippen LogP contribution is 2.40. The molecule has 3 rings (SSSR count). The number of imide groups is 1. The van der Waals surface area contributed by atoms with Gasteiger partial charge < -0.3 is 0 Å². The fraction of sp³-hybridized carbons (Fsp3) is 0.545. The second-order valence-electron chi connectivity index (χ2n) is 7.72. The van der Waals surface area contributed by atoms with E-state index in [1.54, 1.807) is 4.90 Å². The monoisotopic (exact) mass is 371 g/mol. The lowest BCUT2D eigenvalue weighted by molar-refractivity contribution is -0.139. The molecule has 0 aromatic heterocycles. The van der Waals surface area contributed by atoms with Crippen LogP contribution in [0.15, 0.2) is 29.2 Å². The molecule has 1 aliphatic carbocycles. The maximum atomic E-state index is 13.3. The molecule has 1 aromatic rings. The van der Waals surface area contributed by atoms with Gasteiger partial charge in [0.15, 0.2) is 0 Å². The van der Waals surface area contributed by atoms with Crippen LogP contribution in [0.5, 0.6) is 0 Å². The van der Waals surface area contributed by atoms with E-state index in [1.807, 2.05) is 31.2 Å². The van der Waals surface area contributed by atoms with E-state index in [4.69, 9.17) is 0 Å². The first kappa shape index (κ1) is 19.2. The van der Waals surface area contributed by atoms with E-state index >= 15 is 0 Å². The number of thioether (sulfide) groups is 1. The lowest BCUT2D eigenvalue weighted by Crippen LogP contribution is -2.41. The number of hydrogen-bond donors (Lipinski definition) is 0. The zero-order valence-corrected chi connectivity index (χ0v) is 16.9. The Kier molecular flexibility index (Phi) is 6.23. The molecule has 0 bridgehead atoms. The Bertz CT molecular complexity index is 697. The van der Waals surface area contributed by atoms with Crippen molar-refractivity contribution < 1.29 is 9.59 Å². The number of rotatable bonds is 4. The van der Waals surface area contributed by atoms with E-state index in [9.17, 15) is 9.59 Å². The molecular weight excluding hydrogens is 342 g/mol. The summed E-state index contributed by atoms with van der Waals surface area (Å²) in [6.07, 6.45) is 7.78. The highest BCUT2D eigenvalue weighted by molar-refractivity contribution is 8.04. The first-order valence-corrected chi connectivity index (χ1v) is 10.7. The van der Waals surface area contributed by atoms with Crippen molar-refractivity contribution in [1.82, 2.24) is 4.90 Å². The maximum Gasteiger partial charge on any atom is 0.268 e. The number of hydrogen-bond acceptors (Lipinski definition) is 3. The van der Waals surface area contributed by atoms with Gasteiger partial charge in [-0.3, -0.25) is 14.5 Å². The minimum Gasteiger partial charge on any atom is -0.271 e. The predicted molar refractivity (Wildman–Crippen MR) is 109 cm³/mol. The third-order valence-electron chi connectivity index (χ3n) is 5.21. The summed E-state index contributed by atoms with van der Waals surface area (Å²) < 4.78 is 0. The van der Waals surface area contributed by atoms with Crippen molar-refractivity contribution >= 4 is 29.1 Å². The standard InChI is InChI=1S/C22H29NO2S/c1-15(2)26-20-19(17-13-11-16(3)12-14-17)21(24)23(22(20)25)18-9-7-5-4-6-8-10-18/h11-15,18H,4-10H2,1-3H3. The van der Waals surface area contributed by atoms with Crippen LogP contribution in [0.2, 0.25) is 0 Å². The van der Waals surface area contributed by atoms with Gasteiger partial charge >= 0.3 is 0 Å². The fourth-order valence-corrected chi connectivity index (χ4v) is 4.86. The number of carbonyl (C=O) groups excluding carboxylic acids is 2. The van der Waals surface area contributed by atoms with Crippen LogP contribution >= 0.6 is 11.8 Å². The summed E-state index contributed by atoms with van der Waals surface area (Å²) in [7, 11) is 0. The van der Waals surface area contributed by atoms with E-state index in [0.717, 1.165) is 36.8 Å². The molecule has 1 fully saturated rings. The Morgan fingerprint density at radius 2 is 1.50 bits per heavy atom. The molecule has 2 aliphatic rings. The number of nitrogens with zero attached hydrogens (tertiary/aromatic N) is 1. The van der Waals surface area contributed by atoms with Gasteiger partial charge in [0.1, 0.15) is 0 Å². The summed E-state index contributed by atoms with van der Waals surface area (Å²) >= 11 is 1.53. The average molecular weight is 372 g/mol. The Hall–Kier alpha value is -1.55. The summed E-state index contributed by atoms with van der Waals surface area (Å²) in [4.78, 5) is 28.8. The van der Waals surface area contributed by atoms with Gasteiger partial charge in [-0.15, -0.1) is 11.8 Å². The van der Waals surface area contributed by atoms with Crippen molar-refractivity contribution in [1.29, 1.82) is 0 Å². The van der Waals surface area contributed by atoms with Crippen molar-refractivity contribution in [2.75, 3.05) is 0 Å². The zero-order chi connectivity index (χ0) is 18.7. The van der Waals surface area contributed by atoms with E-state index < -0.39 is 0 Å². The van der Waals surface area contributed by atoms with Crippen molar-refractivity contribution in [3.8, 4) is 0 Å². The van der Waals surface area contributed by atoms with Gasteiger partial charge in [-0.1, -0.05) is 75.8 Å². The maximum absolute atomic E-state index is 13.3. The molecule has 1 saturated carbocycles. The summed E-state index contributed by atoms with van der Waals surface area (Å²) in [5.41, 5.74) is 2.63. The molecule has 1 aliphatic heterocycles. The molecule has 1 heterocycles. The van der Waals surface area contributed by atoms with E-state index in [1.165, 1.54) is 31.0 Å². The van der Waals surface area contributed by atoms with Crippen LogP contribution in [-0.4, -0.2) is 28.0 Å². The second-order valence-corrected chi connectivity index (χ2v) is 9.30. The number of amides is 2. The zero-order valence-electron chi connectivity index (χ0n) is 16.1. The Balaban J connectivity index is 1.95. The van der Waals surface area contributed by atoms with Gasteiger partial charge in [0, 0.05) is 11.3 Å². The molecule has 0 radical (unpaired) electrons. The topological polar surface area (TPSA) is 37.4 Å². The van der Waals surface area contributed by atoms with Gasteiger partial charge in [0.2, 0.25) is 0 Å². The smallest absolute Gasteiger partial charge is 0.268 e. The molecule has 0 N–H and O–H groups in total. The molecule has 4 heteroatoms. The number of benzene rings is 1. The van der Waals surface area contributed by atoms with Gasteiger partial charge in [-0.05, 0) is 25.3 Å². The van der Waals surface area contributed by atoms with Crippen LogP contribution in [0.25, 0.3) is 5.57 Å². The average Bonchev–Trinajstić information content (AvgIpc) is 2.79. The first-order valence-electron chi connectivity index (χ1n) is 9.85. The first-order chi connectivity index (χ1) is 12.5. The van der Waals surface area contributed by atoms with Crippen LogP contribution in [0.1, 0.15) is 69.9 Å². The second kappa shape index (κ2) is 8.43. The van der Waals surface area contributed by atoms with Gasteiger partial charge in [-0.2, -0.15) is 0 Å². The minimum absolute atomic E-state index is 0.0565. The van der Waals surface area contributed by atoms with Gasteiger partial charge in [-0.25, -0.2) is 0 Å². The third kappa shape index (κ3) is 4.06. The molecule has 0 saturated heterocycles. The summed E-state index contributed by atoms with van der Waals surface area (Å²) in [6.45, 7) is 6.17. The molecule has 0 atom stereocenters. The van der Waals surface area contributed by atoms with E-state index in [0.29, 0.717) is 10.5 Å². The fourth-order valence-electron chi connectivity index (χ4n) is 3.87. The molecular formula is C22H29NO2S. The SMILES string of the molecule is Cc1ccc(C2=C(SC(C)C)C(=O)N(C3CCCCCCC3)C2=O)cc1. The molecule has 0 unspecified atom stereocenters. The van der Waals surface area contributed by atoms with Gasteiger partial charge in [0.05, 0.1) is 10.5 Å². The van der Waals surface area contributed by atoms with E-state index in [-0.39, 0.29) is 23.1 Å². The predicted octanol–water partition coefficient (Wildman–Crippen LogP) is 5.33. The van der Waals surface area contributed by atoms with Crippen LogP contribution in [-0.2, 0) is 9.59 Å². The summed E-state index contributed by atoms with van der Waals surface area (Å²) in [5, 5.41) is 0.263. The summed E-state index contributed by atoms with van der Waals surface area (Å²) in [5.74, 6) is -0.164. The third-order valence-corrected chi connectivity index (χ3v) is 6.29. The van der Waals surface area contributed by atoms with Crippen molar-refractivity contribution in [3.63, 3.8) is 0 Å². The Labute approximate surface area is 161 Å². The van der Waals surface area contributed by atoms with E-state index in [2.05, 4.69) is 13.8 Å². The van der Waals surface area contributed by atoms with Crippen molar-refractivity contribution in [2.45, 2.75) is 77.0 Å². The van der Waals surface area contributed by atoms with Crippen LogP contribution in [0.3, 0.4) is 0 Å². The molecule has 26 heavy (non-hydrogen) atoms. The van der Waals surface area contributed by atoms with Crippen LogP contribution in [0, 0.1) is 6.92 Å². The van der Waals surface area contributed by atoms with Crippen molar-refractivity contribution in [2.24, 2.45) is 0 Å². The molecule has 140 valence electrons. The minimum atomic E-state index is -0.0902.